The molecule has 2 atom stereocenters. The average molecular weight is 410 g/mol. The third-order valence-electron chi connectivity index (χ3n) is 5.02. The maximum absolute atomic E-state index is 5.82. The quantitative estimate of drug-likeness (QED) is 0.419. The molecule has 0 unspecified atom stereocenters. The van der Waals surface area contributed by atoms with Gasteiger partial charge in [-0.3, -0.25) is 0 Å². The first kappa shape index (κ1) is 21.4. The highest BCUT2D eigenvalue weighted by molar-refractivity contribution is 7.10. The molecule has 1 aromatic heterocycles. The second kappa shape index (κ2) is 10.5. The van der Waals surface area contributed by atoms with Crippen molar-refractivity contribution in [3.05, 3.63) is 82.0 Å². The van der Waals surface area contributed by atoms with Crippen molar-refractivity contribution in [2.45, 2.75) is 45.3 Å². The zero-order valence-electron chi connectivity index (χ0n) is 17.7. The minimum Gasteiger partial charge on any atom is -0.496 e. The third kappa shape index (κ3) is 5.84. The normalized spacial score (nSPS) is 13.3. The summed E-state index contributed by atoms with van der Waals surface area (Å²) < 4.78 is 11.5. The summed E-state index contributed by atoms with van der Waals surface area (Å²) in [5, 5.41) is 5.81. The molecule has 0 bridgehead atoms. The highest BCUT2D eigenvalue weighted by Crippen LogP contribution is 2.35. The molecule has 154 valence electrons. The minimum absolute atomic E-state index is 0.175. The first-order chi connectivity index (χ1) is 14.1. The molecule has 0 amide bonds. The van der Waals surface area contributed by atoms with Crippen molar-refractivity contribution in [2.24, 2.45) is 0 Å². The van der Waals surface area contributed by atoms with Crippen molar-refractivity contribution in [1.82, 2.24) is 5.32 Å². The standard InChI is InChI=1S/C25H31NO2S/c1-18(2)28-21-13-11-20(12-14-21)22(23-8-5-6-9-24(23)27-4)15-16-26-19(3)25-10-7-17-29-25/h5-14,17-19,22,26H,15-16H2,1-4H3/t19-,22-/m1/s1. The van der Waals surface area contributed by atoms with Crippen molar-refractivity contribution in [3.63, 3.8) is 0 Å². The summed E-state index contributed by atoms with van der Waals surface area (Å²) in [6.45, 7) is 7.24. The largest absolute Gasteiger partial charge is 0.496 e. The number of ether oxygens (including phenoxy) is 2. The van der Waals surface area contributed by atoms with Gasteiger partial charge in [0.1, 0.15) is 11.5 Å². The van der Waals surface area contributed by atoms with Crippen LogP contribution in [0.4, 0.5) is 0 Å². The van der Waals surface area contributed by atoms with Crippen molar-refractivity contribution < 1.29 is 9.47 Å². The summed E-state index contributed by atoms with van der Waals surface area (Å²) >= 11 is 1.80. The predicted molar refractivity (Wildman–Crippen MR) is 122 cm³/mol. The van der Waals surface area contributed by atoms with Crippen LogP contribution in [0.1, 0.15) is 55.2 Å². The van der Waals surface area contributed by atoms with Gasteiger partial charge < -0.3 is 14.8 Å². The first-order valence-electron chi connectivity index (χ1n) is 10.2. The lowest BCUT2D eigenvalue weighted by Gasteiger charge is -2.22. The summed E-state index contributed by atoms with van der Waals surface area (Å²) in [6.07, 6.45) is 1.16. The molecule has 3 nitrogen and oxygen atoms in total. The van der Waals surface area contributed by atoms with Crippen LogP contribution in [-0.4, -0.2) is 19.8 Å². The van der Waals surface area contributed by atoms with Gasteiger partial charge in [0.15, 0.2) is 0 Å². The molecule has 0 aliphatic rings. The predicted octanol–water partition coefficient (Wildman–Crippen LogP) is 6.42. The highest BCUT2D eigenvalue weighted by atomic mass is 32.1. The Morgan fingerprint density at radius 3 is 2.34 bits per heavy atom. The Kier molecular flexibility index (Phi) is 7.73. The topological polar surface area (TPSA) is 30.5 Å². The molecule has 0 saturated carbocycles. The molecule has 0 spiro atoms. The summed E-state index contributed by atoms with van der Waals surface area (Å²) in [5.41, 5.74) is 2.49. The van der Waals surface area contributed by atoms with Crippen LogP contribution in [0.15, 0.2) is 66.0 Å². The third-order valence-corrected chi connectivity index (χ3v) is 6.08. The first-order valence-corrected chi connectivity index (χ1v) is 11.1. The van der Waals surface area contributed by atoms with Crippen LogP contribution in [0, 0.1) is 0 Å². The van der Waals surface area contributed by atoms with Crippen molar-refractivity contribution in [1.29, 1.82) is 0 Å². The number of para-hydroxylation sites is 1. The number of hydrogen-bond acceptors (Lipinski definition) is 4. The fourth-order valence-corrected chi connectivity index (χ4v) is 4.35. The van der Waals surface area contributed by atoms with E-state index in [9.17, 15) is 0 Å². The molecule has 0 aliphatic carbocycles. The van der Waals surface area contributed by atoms with E-state index in [4.69, 9.17) is 9.47 Å². The fraction of sp³-hybridized carbons (Fsp3) is 0.360. The molecule has 0 radical (unpaired) electrons. The van der Waals surface area contributed by atoms with Gasteiger partial charge in [0, 0.05) is 22.4 Å². The van der Waals surface area contributed by atoms with E-state index in [2.05, 4.69) is 66.2 Å². The molecular weight excluding hydrogens is 378 g/mol. The fourth-order valence-electron chi connectivity index (χ4n) is 3.59. The number of rotatable bonds is 10. The van der Waals surface area contributed by atoms with Gasteiger partial charge in [-0.15, -0.1) is 11.3 Å². The average Bonchev–Trinajstić information content (AvgIpc) is 3.26. The smallest absolute Gasteiger partial charge is 0.122 e. The highest BCUT2D eigenvalue weighted by Gasteiger charge is 2.19. The maximum Gasteiger partial charge on any atom is 0.122 e. The Bertz CT molecular complexity index is 859. The monoisotopic (exact) mass is 409 g/mol. The van der Waals surface area contributed by atoms with Gasteiger partial charge in [0.2, 0.25) is 0 Å². The SMILES string of the molecule is COc1ccccc1[C@H](CCN[C@H](C)c1cccs1)c1ccc(OC(C)C)cc1. The molecule has 0 aliphatic heterocycles. The summed E-state index contributed by atoms with van der Waals surface area (Å²) in [4.78, 5) is 1.37. The molecule has 3 aromatic rings. The van der Waals surface area contributed by atoms with Crippen LogP contribution < -0.4 is 14.8 Å². The van der Waals surface area contributed by atoms with Crippen LogP contribution in [0.2, 0.25) is 0 Å². The molecule has 0 fully saturated rings. The van der Waals surface area contributed by atoms with E-state index in [0.717, 1.165) is 24.5 Å². The zero-order chi connectivity index (χ0) is 20.6. The van der Waals surface area contributed by atoms with Crippen LogP contribution >= 0.6 is 11.3 Å². The molecule has 0 saturated heterocycles. The van der Waals surface area contributed by atoms with Gasteiger partial charge in [0.05, 0.1) is 13.2 Å². The molecule has 2 aromatic carbocycles. The van der Waals surface area contributed by atoms with Crippen molar-refractivity contribution in [2.75, 3.05) is 13.7 Å². The molecule has 1 N–H and O–H groups in total. The summed E-state index contributed by atoms with van der Waals surface area (Å²) in [7, 11) is 1.74. The van der Waals surface area contributed by atoms with Crippen LogP contribution in [0.25, 0.3) is 0 Å². The number of hydrogen-bond donors (Lipinski definition) is 1. The number of methoxy groups -OCH3 is 1. The molecule has 29 heavy (non-hydrogen) atoms. The lowest BCUT2D eigenvalue weighted by atomic mass is 9.87. The Balaban J connectivity index is 1.78. The zero-order valence-corrected chi connectivity index (χ0v) is 18.5. The van der Waals surface area contributed by atoms with E-state index in [1.165, 1.54) is 16.0 Å². The molecular formula is C25H31NO2S. The van der Waals surface area contributed by atoms with Crippen LogP contribution in [0.3, 0.4) is 0 Å². The Morgan fingerprint density at radius 1 is 0.931 bits per heavy atom. The minimum atomic E-state index is 0.175. The molecule has 3 rings (SSSR count). The van der Waals surface area contributed by atoms with E-state index in [-0.39, 0.29) is 12.0 Å². The second-order valence-electron chi connectivity index (χ2n) is 7.51. The van der Waals surface area contributed by atoms with Gasteiger partial charge in [-0.1, -0.05) is 36.4 Å². The number of benzene rings is 2. The lowest BCUT2D eigenvalue weighted by molar-refractivity contribution is 0.242. The summed E-state index contributed by atoms with van der Waals surface area (Å²) in [5.74, 6) is 2.10. The Hall–Kier alpha value is -2.30. The van der Waals surface area contributed by atoms with Gasteiger partial charge in [-0.05, 0) is 68.9 Å². The van der Waals surface area contributed by atoms with Crippen molar-refractivity contribution in [3.8, 4) is 11.5 Å². The van der Waals surface area contributed by atoms with Crippen molar-refractivity contribution >= 4 is 11.3 Å². The van der Waals surface area contributed by atoms with E-state index in [0.29, 0.717) is 6.04 Å². The van der Waals surface area contributed by atoms with Gasteiger partial charge in [0.25, 0.3) is 0 Å². The Morgan fingerprint density at radius 2 is 1.69 bits per heavy atom. The van der Waals surface area contributed by atoms with Crippen LogP contribution in [-0.2, 0) is 0 Å². The lowest BCUT2D eigenvalue weighted by Crippen LogP contribution is -2.21. The number of thiophene rings is 1. The number of nitrogens with one attached hydrogen (secondary N) is 1. The van der Waals surface area contributed by atoms with Gasteiger partial charge >= 0.3 is 0 Å². The van der Waals surface area contributed by atoms with Gasteiger partial charge in [-0.2, -0.15) is 0 Å². The molecule has 1 heterocycles. The maximum atomic E-state index is 5.82. The Labute approximate surface area is 178 Å². The molecule has 4 heteroatoms. The van der Waals surface area contributed by atoms with E-state index < -0.39 is 0 Å². The van der Waals surface area contributed by atoms with E-state index in [1.54, 1.807) is 18.4 Å². The van der Waals surface area contributed by atoms with E-state index in [1.807, 2.05) is 26.0 Å². The van der Waals surface area contributed by atoms with Gasteiger partial charge in [-0.25, -0.2) is 0 Å². The van der Waals surface area contributed by atoms with Crippen LogP contribution in [0.5, 0.6) is 11.5 Å². The summed E-state index contributed by atoms with van der Waals surface area (Å²) in [6, 6.07) is 21.5. The van der Waals surface area contributed by atoms with E-state index >= 15 is 0 Å². The second-order valence-corrected chi connectivity index (χ2v) is 8.49.